The zero-order valence-corrected chi connectivity index (χ0v) is 14.3. The van der Waals surface area contributed by atoms with Crippen molar-refractivity contribution in [3.8, 4) is 22.4 Å². The van der Waals surface area contributed by atoms with Gasteiger partial charge in [-0.2, -0.15) is 5.10 Å². The van der Waals surface area contributed by atoms with Crippen LogP contribution in [0.15, 0.2) is 59.5 Å². The minimum Gasteiger partial charge on any atom is -0.472 e. The van der Waals surface area contributed by atoms with Crippen LogP contribution in [0.5, 0.6) is 0 Å². The van der Waals surface area contributed by atoms with Crippen LogP contribution >= 0.6 is 0 Å². The van der Waals surface area contributed by atoms with Gasteiger partial charge in [0, 0.05) is 43.5 Å². The molecule has 0 radical (unpaired) electrons. The maximum Gasteiger partial charge on any atom is 0.0980 e. The molecule has 1 aliphatic heterocycles. The van der Waals surface area contributed by atoms with Gasteiger partial charge in [-0.05, 0) is 30.2 Å². The van der Waals surface area contributed by atoms with Crippen molar-refractivity contribution in [2.75, 3.05) is 32.8 Å². The molecule has 1 fully saturated rings. The molecule has 0 bridgehead atoms. The van der Waals surface area contributed by atoms with Crippen LogP contribution in [0.2, 0.25) is 0 Å². The first-order valence-corrected chi connectivity index (χ1v) is 8.85. The van der Waals surface area contributed by atoms with Crippen molar-refractivity contribution in [2.45, 2.75) is 13.0 Å². The van der Waals surface area contributed by atoms with Gasteiger partial charge in [0.15, 0.2) is 0 Å². The van der Waals surface area contributed by atoms with E-state index in [0.717, 1.165) is 68.2 Å². The van der Waals surface area contributed by atoms with Gasteiger partial charge in [0.05, 0.1) is 31.4 Å². The Bertz CT molecular complexity index is 789. The first-order valence-electron chi connectivity index (χ1n) is 8.85. The second-order valence-electron chi connectivity index (χ2n) is 6.36. The molecule has 2 aromatic heterocycles. The number of nitrogens with zero attached hydrogens (tertiary/aromatic N) is 3. The van der Waals surface area contributed by atoms with Crippen molar-refractivity contribution in [3.05, 3.63) is 55.1 Å². The van der Waals surface area contributed by atoms with E-state index in [4.69, 9.17) is 14.3 Å². The molecule has 0 atom stereocenters. The minimum absolute atomic E-state index is 0.860. The Morgan fingerprint density at radius 3 is 2.68 bits per heavy atom. The summed E-state index contributed by atoms with van der Waals surface area (Å²) in [6, 6.07) is 12.5. The summed E-state index contributed by atoms with van der Waals surface area (Å²) in [5.41, 5.74) is 4.38. The van der Waals surface area contributed by atoms with Gasteiger partial charge in [0.25, 0.3) is 0 Å². The molecular formula is C20H23N3O2. The Labute approximate surface area is 147 Å². The van der Waals surface area contributed by atoms with Gasteiger partial charge in [-0.1, -0.05) is 18.2 Å². The topological polar surface area (TPSA) is 43.4 Å². The van der Waals surface area contributed by atoms with Crippen molar-refractivity contribution < 1.29 is 9.15 Å². The van der Waals surface area contributed by atoms with Gasteiger partial charge >= 0.3 is 0 Å². The predicted molar refractivity (Wildman–Crippen MR) is 97.2 cm³/mol. The van der Waals surface area contributed by atoms with Crippen LogP contribution in [0.1, 0.15) is 6.42 Å². The van der Waals surface area contributed by atoms with Crippen molar-refractivity contribution in [1.82, 2.24) is 14.7 Å². The Morgan fingerprint density at radius 1 is 0.960 bits per heavy atom. The van der Waals surface area contributed by atoms with Crippen LogP contribution in [0.25, 0.3) is 22.4 Å². The van der Waals surface area contributed by atoms with Gasteiger partial charge in [-0.15, -0.1) is 0 Å². The standard InChI is InChI=1S/C20H23N3O2/c1-3-17(19-6-12-25-16-19)15-18(4-1)20-5-9-23(21-20)8-2-7-22-10-13-24-14-11-22/h1,3-6,9,12,15-16H,2,7-8,10-11,13-14H2. The van der Waals surface area contributed by atoms with Crippen LogP contribution in [0, 0.1) is 0 Å². The fourth-order valence-electron chi connectivity index (χ4n) is 3.21. The lowest BCUT2D eigenvalue weighted by atomic mass is 10.0. The molecule has 0 aliphatic carbocycles. The smallest absolute Gasteiger partial charge is 0.0980 e. The van der Waals surface area contributed by atoms with E-state index < -0.39 is 0 Å². The molecule has 0 spiro atoms. The maximum atomic E-state index is 5.39. The highest BCUT2D eigenvalue weighted by molar-refractivity contribution is 5.70. The molecule has 1 aromatic carbocycles. The average molecular weight is 337 g/mol. The Morgan fingerprint density at radius 2 is 1.84 bits per heavy atom. The number of benzene rings is 1. The summed E-state index contributed by atoms with van der Waals surface area (Å²) in [6.45, 7) is 5.86. The number of aryl methyl sites for hydroxylation is 1. The van der Waals surface area contributed by atoms with E-state index in [0.29, 0.717) is 0 Å². The number of ether oxygens (including phenoxy) is 1. The van der Waals surface area contributed by atoms with E-state index in [9.17, 15) is 0 Å². The highest BCUT2D eigenvalue weighted by Gasteiger charge is 2.10. The molecule has 4 rings (SSSR count). The van der Waals surface area contributed by atoms with Crippen molar-refractivity contribution in [3.63, 3.8) is 0 Å². The van der Waals surface area contributed by atoms with E-state index in [1.54, 1.807) is 12.5 Å². The number of hydrogen-bond donors (Lipinski definition) is 0. The fraction of sp³-hybridized carbons (Fsp3) is 0.350. The lowest BCUT2D eigenvalue weighted by Crippen LogP contribution is -2.37. The van der Waals surface area contributed by atoms with Gasteiger partial charge in [0.2, 0.25) is 0 Å². The Balaban J connectivity index is 1.38. The summed E-state index contributed by atoms with van der Waals surface area (Å²) >= 11 is 0. The molecule has 25 heavy (non-hydrogen) atoms. The molecule has 130 valence electrons. The molecule has 5 heteroatoms. The van der Waals surface area contributed by atoms with Crippen molar-refractivity contribution in [1.29, 1.82) is 0 Å². The van der Waals surface area contributed by atoms with Crippen LogP contribution in [0.3, 0.4) is 0 Å². The SMILES string of the molecule is c1cc(-c2ccoc2)cc(-c2ccn(CCCN3CCOCC3)n2)c1. The minimum atomic E-state index is 0.860. The zero-order chi connectivity index (χ0) is 16.9. The van der Waals surface area contributed by atoms with Crippen LogP contribution < -0.4 is 0 Å². The molecule has 0 saturated carbocycles. The largest absolute Gasteiger partial charge is 0.472 e. The number of hydrogen-bond acceptors (Lipinski definition) is 4. The number of morpholine rings is 1. The second-order valence-corrected chi connectivity index (χ2v) is 6.36. The third-order valence-corrected chi connectivity index (χ3v) is 4.62. The lowest BCUT2D eigenvalue weighted by Gasteiger charge is -2.26. The summed E-state index contributed by atoms with van der Waals surface area (Å²) in [5.74, 6) is 0. The van der Waals surface area contributed by atoms with Crippen molar-refractivity contribution in [2.24, 2.45) is 0 Å². The molecule has 0 amide bonds. The second kappa shape index (κ2) is 7.68. The Kier molecular flexibility index (Phi) is 4.95. The number of furan rings is 1. The fourth-order valence-corrected chi connectivity index (χ4v) is 3.21. The van der Waals surface area contributed by atoms with Gasteiger partial charge in [-0.25, -0.2) is 0 Å². The predicted octanol–water partition coefficient (Wildman–Crippen LogP) is 3.53. The molecule has 3 heterocycles. The summed E-state index contributed by atoms with van der Waals surface area (Å²) in [5, 5.41) is 4.74. The summed E-state index contributed by atoms with van der Waals surface area (Å²) < 4.78 is 12.6. The normalized spacial score (nSPS) is 15.5. The quantitative estimate of drug-likeness (QED) is 0.690. The molecular weight excluding hydrogens is 314 g/mol. The third-order valence-electron chi connectivity index (χ3n) is 4.62. The first kappa shape index (κ1) is 16.1. The first-order chi connectivity index (χ1) is 12.4. The van der Waals surface area contributed by atoms with E-state index in [-0.39, 0.29) is 0 Å². The lowest BCUT2D eigenvalue weighted by molar-refractivity contribution is 0.0368. The van der Waals surface area contributed by atoms with Gasteiger partial charge in [0.1, 0.15) is 0 Å². The summed E-state index contributed by atoms with van der Waals surface area (Å²) in [6.07, 6.45) is 6.64. The number of aromatic nitrogens is 2. The highest BCUT2D eigenvalue weighted by atomic mass is 16.5. The van der Waals surface area contributed by atoms with Crippen LogP contribution in [-0.2, 0) is 11.3 Å². The monoisotopic (exact) mass is 337 g/mol. The molecule has 0 unspecified atom stereocenters. The average Bonchev–Trinajstić information content (AvgIpc) is 3.35. The summed E-state index contributed by atoms with van der Waals surface area (Å²) in [4.78, 5) is 2.46. The third kappa shape index (κ3) is 4.00. The molecule has 1 aliphatic rings. The van der Waals surface area contributed by atoms with Gasteiger partial charge < -0.3 is 9.15 Å². The van der Waals surface area contributed by atoms with E-state index in [1.165, 1.54) is 0 Å². The van der Waals surface area contributed by atoms with E-state index >= 15 is 0 Å². The van der Waals surface area contributed by atoms with Crippen molar-refractivity contribution >= 4 is 0 Å². The summed E-state index contributed by atoms with van der Waals surface area (Å²) in [7, 11) is 0. The maximum absolute atomic E-state index is 5.39. The zero-order valence-electron chi connectivity index (χ0n) is 14.3. The van der Waals surface area contributed by atoms with Crippen LogP contribution in [-0.4, -0.2) is 47.5 Å². The highest BCUT2D eigenvalue weighted by Crippen LogP contribution is 2.25. The molecule has 1 saturated heterocycles. The molecule has 0 N–H and O–H groups in total. The van der Waals surface area contributed by atoms with Gasteiger partial charge in [-0.3, -0.25) is 9.58 Å². The molecule has 3 aromatic rings. The Hall–Kier alpha value is -2.37. The van der Waals surface area contributed by atoms with Crippen LogP contribution in [0.4, 0.5) is 0 Å². The number of rotatable bonds is 6. The van der Waals surface area contributed by atoms with E-state index in [2.05, 4.69) is 41.4 Å². The molecule has 5 nitrogen and oxygen atoms in total. The van der Waals surface area contributed by atoms with E-state index in [1.807, 2.05) is 10.7 Å².